The molecule has 1 aliphatic carbocycles. The molecule has 0 radical (unpaired) electrons. The quantitative estimate of drug-likeness (QED) is 0.821. The number of nitrogens with two attached hydrogens (primary N) is 1. The van der Waals surface area contributed by atoms with E-state index in [-0.39, 0.29) is 0 Å². The van der Waals surface area contributed by atoms with Crippen LogP contribution >= 0.6 is 0 Å². The third-order valence-corrected chi connectivity index (χ3v) is 3.58. The molecule has 1 heterocycles. The van der Waals surface area contributed by atoms with Crippen molar-refractivity contribution >= 4 is 0 Å². The Morgan fingerprint density at radius 3 is 2.75 bits per heavy atom. The van der Waals surface area contributed by atoms with Gasteiger partial charge in [0.05, 0.1) is 5.69 Å². The Kier molecular flexibility index (Phi) is 3.99. The van der Waals surface area contributed by atoms with Gasteiger partial charge in [0.15, 0.2) is 0 Å². The van der Waals surface area contributed by atoms with Gasteiger partial charge in [-0.2, -0.15) is 0 Å². The van der Waals surface area contributed by atoms with E-state index in [4.69, 9.17) is 10.7 Å². The van der Waals surface area contributed by atoms with Crippen molar-refractivity contribution in [3.63, 3.8) is 0 Å². The monoisotopic (exact) mass is 221 g/mol. The molecule has 90 valence electrons. The predicted molar refractivity (Wildman–Crippen MR) is 66.5 cm³/mol. The van der Waals surface area contributed by atoms with Gasteiger partial charge in [-0.05, 0) is 32.7 Å². The number of imidazole rings is 1. The van der Waals surface area contributed by atoms with Crippen molar-refractivity contribution in [2.45, 2.75) is 57.8 Å². The summed E-state index contributed by atoms with van der Waals surface area (Å²) >= 11 is 0. The van der Waals surface area contributed by atoms with E-state index in [0.717, 1.165) is 25.2 Å². The molecule has 1 aromatic heterocycles. The first-order chi connectivity index (χ1) is 7.81. The van der Waals surface area contributed by atoms with Crippen LogP contribution in [0.3, 0.4) is 0 Å². The van der Waals surface area contributed by atoms with E-state index >= 15 is 0 Å². The molecule has 0 bridgehead atoms. The van der Waals surface area contributed by atoms with Crippen LogP contribution in [-0.4, -0.2) is 16.5 Å². The van der Waals surface area contributed by atoms with Crippen LogP contribution in [0, 0.1) is 6.92 Å². The van der Waals surface area contributed by atoms with Crippen LogP contribution in [0.2, 0.25) is 0 Å². The van der Waals surface area contributed by atoms with E-state index in [1.807, 2.05) is 0 Å². The van der Waals surface area contributed by atoms with Crippen LogP contribution in [0.4, 0.5) is 0 Å². The highest BCUT2D eigenvalue weighted by Gasteiger charge is 2.20. The molecule has 3 heteroatoms. The SMILES string of the molecule is Cc1[nH]c(CCCN)nc1C1CCCCC1. The summed E-state index contributed by atoms with van der Waals surface area (Å²) < 4.78 is 0. The third kappa shape index (κ3) is 2.64. The summed E-state index contributed by atoms with van der Waals surface area (Å²) in [5.41, 5.74) is 8.12. The predicted octanol–water partition coefficient (Wildman–Crippen LogP) is 2.66. The minimum absolute atomic E-state index is 0.705. The molecular weight excluding hydrogens is 198 g/mol. The van der Waals surface area contributed by atoms with E-state index in [0.29, 0.717) is 5.92 Å². The number of hydrogen-bond acceptors (Lipinski definition) is 2. The van der Waals surface area contributed by atoms with Crippen molar-refractivity contribution in [1.29, 1.82) is 0 Å². The number of hydrogen-bond donors (Lipinski definition) is 2. The van der Waals surface area contributed by atoms with Gasteiger partial charge in [0, 0.05) is 18.0 Å². The summed E-state index contributed by atoms with van der Waals surface area (Å²) in [5, 5.41) is 0. The minimum Gasteiger partial charge on any atom is -0.346 e. The number of aryl methyl sites for hydroxylation is 2. The second-order valence-corrected chi connectivity index (χ2v) is 4.92. The highest BCUT2D eigenvalue weighted by molar-refractivity contribution is 5.18. The largest absolute Gasteiger partial charge is 0.346 e. The fourth-order valence-corrected chi connectivity index (χ4v) is 2.70. The van der Waals surface area contributed by atoms with Gasteiger partial charge in [0.1, 0.15) is 5.82 Å². The molecule has 1 aliphatic rings. The summed E-state index contributed by atoms with van der Waals surface area (Å²) in [6, 6.07) is 0. The minimum atomic E-state index is 0.705. The first-order valence-electron chi connectivity index (χ1n) is 6.56. The number of aromatic nitrogens is 2. The fraction of sp³-hybridized carbons (Fsp3) is 0.769. The Hall–Kier alpha value is -0.830. The number of nitrogens with zero attached hydrogens (tertiary/aromatic N) is 1. The van der Waals surface area contributed by atoms with Crippen molar-refractivity contribution in [2.24, 2.45) is 5.73 Å². The van der Waals surface area contributed by atoms with E-state index in [9.17, 15) is 0 Å². The Bertz CT molecular complexity index is 324. The Morgan fingerprint density at radius 2 is 2.06 bits per heavy atom. The molecule has 1 saturated carbocycles. The molecule has 16 heavy (non-hydrogen) atoms. The van der Waals surface area contributed by atoms with Crippen molar-refractivity contribution in [1.82, 2.24) is 9.97 Å². The lowest BCUT2D eigenvalue weighted by Crippen LogP contribution is -2.06. The highest BCUT2D eigenvalue weighted by Crippen LogP contribution is 2.33. The van der Waals surface area contributed by atoms with E-state index in [1.165, 1.54) is 43.5 Å². The molecule has 0 spiro atoms. The lowest BCUT2D eigenvalue weighted by Gasteiger charge is -2.20. The summed E-state index contributed by atoms with van der Waals surface area (Å²) in [6.45, 7) is 2.90. The van der Waals surface area contributed by atoms with Gasteiger partial charge in [0.25, 0.3) is 0 Å². The second-order valence-electron chi connectivity index (χ2n) is 4.92. The van der Waals surface area contributed by atoms with Gasteiger partial charge in [0.2, 0.25) is 0 Å². The molecule has 0 atom stereocenters. The normalized spacial score (nSPS) is 17.9. The van der Waals surface area contributed by atoms with Crippen LogP contribution < -0.4 is 5.73 Å². The third-order valence-electron chi connectivity index (χ3n) is 3.58. The van der Waals surface area contributed by atoms with Crippen molar-refractivity contribution in [3.8, 4) is 0 Å². The maximum atomic E-state index is 5.52. The lowest BCUT2D eigenvalue weighted by atomic mass is 9.86. The zero-order valence-electron chi connectivity index (χ0n) is 10.3. The zero-order chi connectivity index (χ0) is 11.4. The molecule has 1 aromatic rings. The first-order valence-corrected chi connectivity index (χ1v) is 6.56. The molecule has 0 unspecified atom stereocenters. The summed E-state index contributed by atoms with van der Waals surface area (Å²) in [5.74, 6) is 1.83. The molecular formula is C13H23N3. The molecule has 2 rings (SSSR count). The summed E-state index contributed by atoms with van der Waals surface area (Å²) in [6.07, 6.45) is 8.80. The van der Waals surface area contributed by atoms with E-state index in [1.54, 1.807) is 0 Å². The van der Waals surface area contributed by atoms with E-state index in [2.05, 4.69) is 11.9 Å². The van der Waals surface area contributed by atoms with Gasteiger partial charge >= 0.3 is 0 Å². The number of H-pyrrole nitrogens is 1. The Morgan fingerprint density at radius 1 is 1.31 bits per heavy atom. The average Bonchev–Trinajstić information content (AvgIpc) is 2.69. The summed E-state index contributed by atoms with van der Waals surface area (Å²) in [4.78, 5) is 8.17. The van der Waals surface area contributed by atoms with Crippen LogP contribution in [0.15, 0.2) is 0 Å². The van der Waals surface area contributed by atoms with Gasteiger partial charge in [-0.25, -0.2) is 4.98 Å². The average molecular weight is 221 g/mol. The molecule has 0 saturated heterocycles. The zero-order valence-corrected chi connectivity index (χ0v) is 10.3. The maximum Gasteiger partial charge on any atom is 0.106 e. The van der Waals surface area contributed by atoms with Gasteiger partial charge in [-0.3, -0.25) is 0 Å². The molecule has 1 fully saturated rings. The molecule has 0 aromatic carbocycles. The van der Waals surface area contributed by atoms with Gasteiger partial charge in [-0.15, -0.1) is 0 Å². The van der Waals surface area contributed by atoms with Gasteiger partial charge in [-0.1, -0.05) is 19.3 Å². The molecule has 3 N–H and O–H groups in total. The van der Waals surface area contributed by atoms with E-state index < -0.39 is 0 Å². The van der Waals surface area contributed by atoms with Crippen molar-refractivity contribution < 1.29 is 0 Å². The number of nitrogens with one attached hydrogen (secondary N) is 1. The van der Waals surface area contributed by atoms with Crippen LogP contribution in [-0.2, 0) is 6.42 Å². The van der Waals surface area contributed by atoms with Gasteiger partial charge < -0.3 is 10.7 Å². The van der Waals surface area contributed by atoms with Crippen LogP contribution in [0.25, 0.3) is 0 Å². The van der Waals surface area contributed by atoms with Crippen molar-refractivity contribution in [3.05, 3.63) is 17.2 Å². The number of aromatic amines is 1. The first kappa shape index (κ1) is 11.6. The smallest absolute Gasteiger partial charge is 0.106 e. The fourth-order valence-electron chi connectivity index (χ4n) is 2.70. The topological polar surface area (TPSA) is 54.7 Å². The lowest BCUT2D eigenvalue weighted by molar-refractivity contribution is 0.436. The van der Waals surface area contributed by atoms with Crippen LogP contribution in [0.5, 0.6) is 0 Å². The highest BCUT2D eigenvalue weighted by atomic mass is 14.9. The standard InChI is InChI=1S/C13H23N3/c1-10-13(11-6-3-2-4-7-11)16-12(15-10)8-5-9-14/h11H,2-9,14H2,1H3,(H,15,16). The molecule has 0 amide bonds. The van der Waals surface area contributed by atoms with Crippen molar-refractivity contribution in [2.75, 3.05) is 6.54 Å². The molecule has 3 nitrogen and oxygen atoms in total. The Balaban J connectivity index is 2.04. The maximum absolute atomic E-state index is 5.52. The van der Waals surface area contributed by atoms with Crippen LogP contribution in [0.1, 0.15) is 61.7 Å². The molecule has 0 aliphatic heterocycles. The second kappa shape index (κ2) is 5.48. The number of rotatable bonds is 4. The Labute approximate surface area is 97.8 Å². The summed E-state index contributed by atoms with van der Waals surface area (Å²) in [7, 11) is 0.